The van der Waals surface area contributed by atoms with Crippen molar-refractivity contribution in [3.63, 3.8) is 0 Å². The van der Waals surface area contributed by atoms with Gasteiger partial charge in [0.05, 0.1) is 19.8 Å². The van der Waals surface area contributed by atoms with Crippen molar-refractivity contribution in [2.45, 2.75) is 13.8 Å². The highest BCUT2D eigenvalue weighted by atomic mass is 16.5. The molecule has 0 atom stereocenters. The molecule has 110 valence electrons. The molecule has 0 aliphatic carbocycles. The Morgan fingerprint density at radius 3 is 2.33 bits per heavy atom. The van der Waals surface area contributed by atoms with Crippen molar-refractivity contribution in [2.24, 2.45) is 0 Å². The Morgan fingerprint density at radius 1 is 1.10 bits per heavy atom. The number of hydrogen-bond donors (Lipinski definition) is 1. The molecule has 2 heterocycles. The molecule has 0 saturated carbocycles. The summed E-state index contributed by atoms with van der Waals surface area (Å²) in [6.45, 7) is 3.78. The van der Waals surface area contributed by atoms with Gasteiger partial charge in [-0.05, 0) is 26.0 Å². The minimum Gasteiger partial charge on any atom is -0.493 e. The molecule has 1 N–H and O–H groups in total. The van der Waals surface area contributed by atoms with E-state index >= 15 is 0 Å². The molecule has 0 radical (unpaired) electrons. The van der Waals surface area contributed by atoms with Crippen LogP contribution in [0.3, 0.4) is 0 Å². The zero-order valence-corrected chi connectivity index (χ0v) is 12.3. The summed E-state index contributed by atoms with van der Waals surface area (Å²) in [4.78, 5) is 4.36. The fourth-order valence-corrected chi connectivity index (χ4v) is 2.13. The van der Waals surface area contributed by atoms with E-state index in [2.05, 4.69) is 15.2 Å². The first-order valence-electron chi connectivity index (χ1n) is 6.45. The maximum Gasteiger partial charge on any atom is 0.245 e. The highest BCUT2D eigenvalue weighted by Gasteiger charge is 2.18. The highest BCUT2D eigenvalue weighted by Crippen LogP contribution is 2.40. The molecule has 7 nitrogen and oxygen atoms in total. The van der Waals surface area contributed by atoms with Crippen LogP contribution < -0.4 is 14.2 Å². The van der Waals surface area contributed by atoms with Crippen LogP contribution in [-0.2, 0) is 0 Å². The van der Waals surface area contributed by atoms with E-state index in [4.69, 9.17) is 14.2 Å². The summed E-state index contributed by atoms with van der Waals surface area (Å²) in [5.41, 5.74) is 1.57. The number of rotatable bonds is 4. The molecule has 21 heavy (non-hydrogen) atoms. The minimum absolute atomic E-state index is 0.455. The van der Waals surface area contributed by atoms with E-state index < -0.39 is 0 Å². The second-order valence-electron chi connectivity index (χ2n) is 4.57. The van der Waals surface area contributed by atoms with E-state index in [9.17, 15) is 0 Å². The second-order valence-corrected chi connectivity index (χ2v) is 4.57. The van der Waals surface area contributed by atoms with Crippen LogP contribution in [0.1, 0.15) is 11.4 Å². The van der Waals surface area contributed by atoms with Gasteiger partial charge in [-0.15, -0.1) is 5.10 Å². The van der Waals surface area contributed by atoms with Gasteiger partial charge in [-0.2, -0.15) is 4.63 Å². The van der Waals surface area contributed by atoms with Gasteiger partial charge in [0.15, 0.2) is 17.1 Å². The lowest BCUT2D eigenvalue weighted by molar-refractivity contribution is 0.340. The monoisotopic (exact) mass is 288 g/mol. The Hall–Kier alpha value is -2.70. The number of H-pyrrole nitrogens is 1. The molecular formula is C14H16N4O3. The first-order chi connectivity index (χ1) is 10.1. The van der Waals surface area contributed by atoms with Crippen LogP contribution in [0.5, 0.6) is 23.1 Å². The van der Waals surface area contributed by atoms with Crippen LogP contribution in [0.4, 0.5) is 0 Å². The Kier molecular flexibility index (Phi) is 3.17. The van der Waals surface area contributed by atoms with Gasteiger partial charge >= 0.3 is 0 Å². The first-order valence-corrected chi connectivity index (χ1v) is 6.45. The van der Waals surface area contributed by atoms with Crippen LogP contribution >= 0.6 is 0 Å². The highest BCUT2D eigenvalue weighted by molar-refractivity contribution is 5.56. The van der Waals surface area contributed by atoms with Crippen molar-refractivity contribution in [1.29, 1.82) is 0 Å². The molecule has 0 fully saturated rings. The molecule has 3 rings (SSSR count). The lowest BCUT2D eigenvalue weighted by Crippen LogP contribution is -1.96. The standard InChI is InChI=1S/C14H16N4O3/c1-8-13-15-9(2)16-18(13)17-14(8)21-12-10(19-3)6-5-7-11(12)20-4/h5-7H,1-4H3,(H,15,16). The number of hydrogen-bond acceptors (Lipinski definition) is 5. The van der Waals surface area contributed by atoms with Crippen molar-refractivity contribution in [2.75, 3.05) is 14.2 Å². The average molecular weight is 288 g/mol. The summed E-state index contributed by atoms with van der Waals surface area (Å²) in [5, 5.41) is 7.36. The summed E-state index contributed by atoms with van der Waals surface area (Å²) in [6, 6.07) is 5.44. The molecule has 3 aromatic rings. The molecule has 0 amide bonds. The van der Waals surface area contributed by atoms with Gasteiger partial charge in [-0.1, -0.05) is 6.07 Å². The van der Waals surface area contributed by atoms with Gasteiger partial charge in [-0.3, -0.25) is 5.10 Å². The largest absolute Gasteiger partial charge is 0.493 e. The zero-order valence-electron chi connectivity index (χ0n) is 12.3. The fraction of sp³-hybridized carbons (Fsp3) is 0.286. The smallest absolute Gasteiger partial charge is 0.245 e. The lowest BCUT2D eigenvalue weighted by atomic mass is 10.3. The molecule has 0 saturated heterocycles. The summed E-state index contributed by atoms with van der Waals surface area (Å²) < 4.78 is 18.1. The zero-order chi connectivity index (χ0) is 15.0. The van der Waals surface area contributed by atoms with Crippen LogP contribution in [0, 0.1) is 13.8 Å². The van der Waals surface area contributed by atoms with Crippen molar-refractivity contribution >= 4 is 5.65 Å². The Morgan fingerprint density at radius 2 is 1.76 bits per heavy atom. The molecule has 2 aromatic heterocycles. The fourth-order valence-electron chi connectivity index (χ4n) is 2.13. The molecule has 0 unspecified atom stereocenters. The number of methoxy groups -OCH3 is 2. The Labute approximate surface area is 121 Å². The summed E-state index contributed by atoms with van der Waals surface area (Å²) >= 11 is 0. The van der Waals surface area contributed by atoms with Crippen LogP contribution in [0.15, 0.2) is 18.2 Å². The van der Waals surface area contributed by atoms with E-state index in [1.165, 1.54) is 0 Å². The second kappa shape index (κ2) is 5.01. The van der Waals surface area contributed by atoms with Gasteiger partial charge in [0, 0.05) is 0 Å². The average Bonchev–Trinajstić information content (AvgIpc) is 2.98. The number of fused-ring (bicyclic) bond motifs is 1. The number of benzene rings is 1. The van der Waals surface area contributed by atoms with Gasteiger partial charge in [-0.25, -0.2) is 4.98 Å². The van der Waals surface area contributed by atoms with Gasteiger partial charge in [0.1, 0.15) is 5.82 Å². The minimum atomic E-state index is 0.455. The number of aryl methyl sites for hydroxylation is 2. The third kappa shape index (κ3) is 2.16. The lowest BCUT2D eigenvalue weighted by Gasteiger charge is -2.12. The number of aromatic nitrogens is 4. The molecule has 0 aliphatic heterocycles. The predicted octanol–water partition coefficient (Wildman–Crippen LogP) is 2.48. The third-order valence-electron chi connectivity index (χ3n) is 3.17. The SMILES string of the molecule is COc1cccc(OC)c1Oc1nn2[nH]c(C)nc2c1C. The first kappa shape index (κ1) is 13.3. The molecule has 0 aliphatic rings. The topological polar surface area (TPSA) is 73.7 Å². The maximum atomic E-state index is 5.89. The van der Waals surface area contributed by atoms with Gasteiger partial charge < -0.3 is 14.2 Å². The predicted molar refractivity (Wildman–Crippen MR) is 76.4 cm³/mol. The quantitative estimate of drug-likeness (QED) is 0.798. The molecule has 0 bridgehead atoms. The van der Waals surface area contributed by atoms with Gasteiger partial charge in [0.2, 0.25) is 11.6 Å². The summed E-state index contributed by atoms with van der Waals surface area (Å²) in [5.74, 6) is 2.89. The number of aromatic amines is 1. The summed E-state index contributed by atoms with van der Waals surface area (Å²) in [7, 11) is 3.16. The van der Waals surface area contributed by atoms with Crippen LogP contribution in [0.25, 0.3) is 5.65 Å². The maximum absolute atomic E-state index is 5.89. The molecule has 1 aromatic carbocycles. The Balaban J connectivity index is 2.06. The van der Waals surface area contributed by atoms with E-state index in [0.717, 1.165) is 17.0 Å². The normalized spacial score (nSPS) is 10.9. The molecule has 7 heteroatoms. The van der Waals surface area contributed by atoms with Crippen molar-refractivity contribution in [3.05, 3.63) is 29.6 Å². The Bertz CT molecular complexity index is 769. The van der Waals surface area contributed by atoms with Gasteiger partial charge in [0.25, 0.3) is 0 Å². The number of nitrogens with one attached hydrogen (secondary N) is 1. The molecule has 0 spiro atoms. The van der Waals surface area contributed by atoms with E-state index in [1.54, 1.807) is 31.0 Å². The third-order valence-corrected chi connectivity index (χ3v) is 3.17. The van der Waals surface area contributed by atoms with Crippen molar-refractivity contribution in [1.82, 2.24) is 19.8 Å². The summed E-state index contributed by atoms with van der Waals surface area (Å²) in [6.07, 6.45) is 0. The number of ether oxygens (including phenoxy) is 3. The van der Waals surface area contributed by atoms with E-state index in [0.29, 0.717) is 23.1 Å². The number of nitrogens with zero attached hydrogens (tertiary/aromatic N) is 3. The van der Waals surface area contributed by atoms with Crippen molar-refractivity contribution in [3.8, 4) is 23.1 Å². The number of para-hydroxylation sites is 1. The molecular weight excluding hydrogens is 272 g/mol. The van der Waals surface area contributed by atoms with Crippen LogP contribution in [0.2, 0.25) is 0 Å². The van der Waals surface area contributed by atoms with Crippen LogP contribution in [-0.4, -0.2) is 34.0 Å². The van der Waals surface area contributed by atoms with E-state index in [-0.39, 0.29) is 0 Å². The van der Waals surface area contributed by atoms with Crippen molar-refractivity contribution < 1.29 is 14.2 Å². The van der Waals surface area contributed by atoms with E-state index in [1.807, 2.05) is 19.9 Å².